The Labute approximate surface area is 176 Å². The fourth-order valence-electron chi connectivity index (χ4n) is 2.35. The molecule has 11 heteroatoms. The minimum Gasteiger partial charge on any atom is -0.455 e. The molecular formula is C17H15Cl3N4O4. The van der Waals surface area contributed by atoms with Crippen molar-refractivity contribution >= 4 is 59.7 Å². The van der Waals surface area contributed by atoms with E-state index in [1.807, 2.05) is 0 Å². The van der Waals surface area contributed by atoms with Crippen LogP contribution >= 0.6 is 35.6 Å². The summed E-state index contributed by atoms with van der Waals surface area (Å²) >= 11 is 11.9. The molecule has 2 N–H and O–H groups in total. The number of hydrogen-bond acceptors (Lipinski definition) is 6. The Morgan fingerprint density at radius 2 is 1.96 bits per heavy atom. The topological polar surface area (TPSA) is 109 Å². The second kappa shape index (κ2) is 8.74. The molecule has 2 aromatic rings. The molecule has 28 heavy (non-hydrogen) atoms. The predicted octanol–water partition coefficient (Wildman–Crippen LogP) is 3.15. The van der Waals surface area contributed by atoms with Crippen LogP contribution in [0.25, 0.3) is 11.3 Å². The van der Waals surface area contributed by atoms with Gasteiger partial charge in [-0.25, -0.2) is 9.80 Å². The third-order valence-electron chi connectivity index (χ3n) is 3.71. The number of carbonyl (C=O) groups is 3. The number of hydrogen-bond donors (Lipinski definition) is 1. The second-order valence-electron chi connectivity index (χ2n) is 5.77. The fraction of sp³-hybridized carbons (Fsp3) is 0.176. The monoisotopic (exact) mass is 444 g/mol. The molecule has 0 radical (unpaired) electrons. The minimum atomic E-state index is -0.972. The summed E-state index contributed by atoms with van der Waals surface area (Å²) in [5.74, 6) is -0.598. The van der Waals surface area contributed by atoms with E-state index in [0.29, 0.717) is 32.0 Å². The van der Waals surface area contributed by atoms with E-state index in [9.17, 15) is 14.4 Å². The van der Waals surface area contributed by atoms with Crippen LogP contribution in [0.4, 0.5) is 4.79 Å². The molecular weight excluding hydrogens is 431 g/mol. The van der Waals surface area contributed by atoms with Gasteiger partial charge in [0, 0.05) is 5.56 Å². The Kier molecular flexibility index (Phi) is 6.84. The molecule has 1 atom stereocenters. The molecule has 3 rings (SSSR count). The molecule has 4 amide bonds. The van der Waals surface area contributed by atoms with Gasteiger partial charge in [0.2, 0.25) is 0 Å². The van der Waals surface area contributed by atoms with Gasteiger partial charge < -0.3 is 10.2 Å². The average Bonchev–Trinajstić information content (AvgIpc) is 3.19. The van der Waals surface area contributed by atoms with Crippen molar-refractivity contribution in [1.82, 2.24) is 9.91 Å². The summed E-state index contributed by atoms with van der Waals surface area (Å²) in [5.41, 5.74) is 6.16. The Morgan fingerprint density at radius 3 is 2.61 bits per heavy atom. The molecule has 1 aromatic carbocycles. The van der Waals surface area contributed by atoms with Crippen LogP contribution in [0.2, 0.25) is 10.0 Å². The van der Waals surface area contributed by atoms with Gasteiger partial charge in [0.05, 0.1) is 22.3 Å². The van der Waals surface area contributed by atoms with E-state index in [-0.39, 0.29) is 19.0 Å². The van der Waals surface area contributed by atoms with E-state index in [1.165, 1.54) is 13.1 Å². The molecule has 1 aliphatic heterocycles. The number of furan rings is 1. The first-order chi connectivity index (χ1) is 12.8. The Balaban J connectivity index is 0.00000280. The number of imide groups is 3. The van der Waals surface area contributed by atoms with Crippen LogP contribution in [0.5, 0.6) is 0 Å². The van der Waals surface area contributed by atoms with Gasteiger partial charge >= 0.3 is 6.03 Å². The maximum atomic E-state index is 12.2. The molecule has 0 aliphatic carbocycles. The first kappa shape index (κ1) is 21.9. The number of urea groups is 1. The van der Waals surface area contributed by atoms with E-state index in [4.69, 9.17) is 33.4 Å². The number of halogens is 3. The van der Waals surface area contributed by atoms with Crippen molar-refractivity contribution in [2.45, 2.75) is 13.0 Å². The van der Waals surface area contributed by atoms with Gasteiger partial charge in [-0.3, -0.25) is 9.59 Å². The molecule has 0 bridgehead atoms. The van der Waals surface area contributed by atoms with Crippen molar-refractivity contribution in [1.29, 1.82) is 0 Å². The number of benzene rings is 1. The Morgan fingerprint density at radius 1 is 1.25 bits per heavy atom. The molecule has 148 valence electrons. The zero-order valence-electron chi connectivity index (χ0n) is 14.5. The quantitative estimate of drug-likeness (QED) is 0.574. The molecule has 0 saturated carbocycles. The summed E-state index contributed by atoms with van der Waals surface area (Å²) in [6, 6.07) is 6.56. The Hall–Kier alpha value is -2.39. The summed E-state index contributed by atoms with van der Waals surface area (Å²) in [6.45, 7) is 1.04. The van der Waals surface area contributed by atoms with Gasteiger partial charge in [0.25, 0.3) is 11.8 Å². The summed E-state index contributed by atoms with van der Waals surface area (Å²) in [7, 11) is 0. The van der Waals surface area contributed by atoms with E-state index >= 15 is 0 Å². The van der Waals surface area contributed by atoms with Crippen molar-refractivity contribution in [3.05, 3.63) is 46.1 Å². The number of carbonyl (C=O) groups excluding carboxylic acids is 3. The van der Waals surface area contributed by atoms with E-state index in [0.717, 1.165) is 5.01 Å². The lowest BCUT2D eigenvalue weighted by molar-refractivity contribution is -0.139. The first-order valence-electron chi connectivity index (χ1n) is 7.81. The zero-order chi connectivity index (χ0) is 19.7. The van der Waals surface area contributed by atoms with Gasteiger partial charge in [-0.1, -0.05) is 23.2 Å². The Bertz CT molecular complexity index is 958. The molecule has 1 unspecified atom stereocenters. The molecule has 1 aromatic heterocycles. The lowest BCUT2D eigenvalue weighted by atomic mass is 10.2. The van der Waals surface area contributed by atoms with Crippen LogP contribution in [0, 0.1) is 0 Å². The maximum absolute atomic E-state index is 12.2. The van der Waals surface area contributed by atoms with Gasteiger partial charge in [-0.15, -0.1) is 12.4 Å². The largest absolute Gasteiger partial charge is 0.455 e. The molecule has 2 heterocycles. The zero-order valence-corrected chi connectivity index (χ0v) is 16.8. The molecule has 0 spiro atoms. The van der Waals surface area contributed by atoms with Crippen LogP contribution < -0.4 is 5.73 Å². The van der Waals surface area contributed by atoms with Crippen LogP contribution in [0.3, 0.4) is 0 Å². The standard InChI is InChI=1S/C17H14Cl2N4O4.ClH/c1-9(20)16(25)23-15(24)8-22(17(23)26)21-7-11-3-5-14(27-11)10-2-4-12(18)13(19)6-10;/h2-7,9H,8,20H2,1H3;1H/b21-7-;. The number of hydrazone groups is 1. The smallest absolute Gasteiger partial charge is 0.354 e. The SMILES string of the molecule is CC(N)C(=O)N1C(=O)CN(/N=C\c2ccc(-c3ccc(Cl)c(Cl)c3)o2)C1=O.Cl. The maximum Gasteiger partial charge on any atom is 0.354 e. The van der Waals surface area contributed by atoms with Crippen molar-refractivity contribution < 1.29 is 18.8 Å². The third kappa shape index (κ3) is 4.36. The lowest BCUT2D eigenvalue weighted by Gasteiger charge is -2.13. The number of nitrogens with zero attached hydrogens (tertiary/aromatic N) is 3. The highest BCUT2D eigenvalue weighted by atomic mass is 35.5. The van der Waals surface area contributed by atoms with Crippen molar-refractivity contribution in [2.24, 2.45) is 10.8 Å². The van der Waals surface area contributed by atoms with Crippen molar-refractivity contribution in [2.75, 3.05) is 6.54 Å². The summed E-state index contributed by atoms with van der Waals surface area (Å²) < 4.78 is 5.62. The van der Waals surface area contributed by atoms with E-state index in [1.54, 1.807) is 30.3 Å². The average molecular weight is 446 g/mol. The highest BCUT2D eigenvalue weighted by Gasteiger charge is 2.41. The van der Waals surface area contributed by atoms with Gasteiger partial charge in [0.15, 0.2) is 0 Å². The van der Waals surface area contributed by atoms with Crippen molar-refractivity contribution in [3.8, 4) is 11.3 Å². The molecule has 1 saturated heterocycles. The van der Waals surface area contributed by atoms with Crippen molar-refractivity contribution in [3.63, 3.8) is 0 Å². The number of amides is 4. The highest BCUT2D eigenvalue weighted by molar-refractivity contribution is 6.42. The van der Waals surface area contributed by atoms with Crippen LogP contribution in [0.1, 0.15) is 12.7 Å². The minimum absolute atomic E-state index is 0. The van der Waals surface area contributed by atoms with Crippen LogP contribution in [0.15, 0.2) is 39.9 Å². The highest BCUT2D eigenvalue weighted by Crippen LogP contribution is 2.29. The lowest BCUT2D eigenvalue weighted by Crippen LogP contribution is -2.45. The van der Waals surface area contributed by atoms with E-state index in [2.05, 4.69) is 5.10 Å². The molecule has 1 aliphatic rings. The molecule has 1 fully saturated rings. The van der Waals surface area contributed by atoms with Crippen LogP contribution in [-0.2, 0) is 9.59 Å². The molecule has 8 nitrogen and oxygen atoms in total. The fourth-order valence-corrected chi connectivity index (χ4v) is 2.65. The summed E-state index contributed by atoms with van der Waals surface area (Å²) in [4.78, 5) is 36.4. The predicted molar refractivity (Wildman–Crippen MR) is 107 cm³/mol. The second-order valence-corrected chi connectivity index (χ2v) is 6.59. The number of nitrogens with two attached hydrogens (primary N) is 1. The normalized spacial score (nSPS) is 15.3. The van der Waals surface area contributed by atoms with Gasteiger partial charge in [-0.05, 0) is 37.3 Å². The van der Waals surface area contributed by atoms with Gasteiger partial charge in [-0.2, -0.15) is 10.0 Å². The summed E-state index contributed by atoms with van der Waals surface area (Å²) in [5, 5.41) is 5.60. The first-order valence-corrected chi connectivity index (χ1v) is 8.56. The summed E-state index contributed by atoms with van der Waals surface area (Å²) in [6.07, 6.45) is 1.27. The van der Waals surface area contributed by atoms with Gasteiger partial charge in [0.1, 0.15) is 18.1 Å². The van der Waals surface area contributed by atoms with Crippen LogP contribution in [-0.4, -0.2) is 46.6 Å². The van der Waals surface area contributed by atoms with E-state index < -0.39 is 23.9 Å². The third-order valence-corrected chi connectivity index (χ3v) is 4.45. The number of rotatable bonds is 4.